The summed E-state index contributed by atoms with van der Waals surface area (Å²) in [5.41, 5.74) is 0.143. The molecule has 146 valence electrons. The van der Waals surface area contributed by atoms with Gasteiger partial charge in [0.05, 0.1) is 10.9 Å². The summed E-state index contributed by atoms with van der Waals surface area (Å²) in [7, 11) is -3.78. The number of hydrogen-bond acceptors (Lipinski definition) is 4. The van der Waals surface area contributed by atoms with Crippen LogP contribution in [0.15, 0.2) is 29.2 Å². The van der Waals surface area contributed by atoms with E-state index >= 15 is 0 Å². The maximum Gasteiger partial charge on any atom is 0.407 e. The van der Waals surface area contributed by atoms with Gasteiger partial charge in [0.25, 0.3) is 0 Å². The fourth-order valence-corrected chi connectivity index (χ4v) is 4.54. The van der Waals surface area contributed by atoms with Crippen LogP contribution in [-0.2, 0) is 20.1 Å². The normalized spacial score (nSPS) is 22.0. The molecule has 1 saturated heterocycles. The number of alkyl halides is 2. The van der Waals surface area contributed by atoms with E-state index in [0.29, 0.717) is 5.33 Å². The Balaban J connectivity index is 2.04. The number of nitrogens with one attached hydrogen (secondary N) is 1. The summed E-state index contributed by atoms with van der Waals surface area (Å²) < 4.78 is 46.2. The molecule has 1 fully saturated rings. The van der Waals surface area contributed by atoms with E-state index in [4.69, 9.17) is 4.74 Å². The van der Waals surface area contributed by atoms with Crippen LogP contribution < -0.4 is 5.32 Å². The van der Waals surface area contributed by atoms with E-state index in [1.807, 2.05) is 6.07 Å². The van der Waals surface area contributed by atoms with Gasteiger partial charge >= 0.3 is 6.09 Å². The predicted molar refractivity (Wildman–Crippen MR) is 101 cm³/mol. The van der Waals surface area contributed by atoms with Crippen molar-refractivity contribution in [1.82, 2.24) is 9.62 Å². The van der Waals surface area contributed by atoms with Crippen LogP contribution in [0.25, 0.3) is 0 Å². The zero-order chi connectivity index (χ0) is 19.5. The van der Waals surface area contributed by atoms with Crippen molar-refractivity contribution in [2.75, 3.05) is 13.1 Å². The van der Waals surface area contributed by atoms with Crippen molar-refractivity contribution in [2.24, 2.45) is 0 Å². The van der Waals surface area contributed by atoms with Gasteiger partial charge in [-0.2, -0.15) is 4.31 Å². The largest absolute Gasteiger partial charge is 0.444 e. The number of carbonyl (C=O) groups is 1. The van der Waals surface area contributed by atoms with Crippen molar-refractivity contribution >= 4 is 32.0 Å². The van der Waals surface area contributed by atoms with E-state index in [1.54, 1.807) is 32.9 Å². The lowest BCUT2D eigenvalue weighted by Crippen LogP contribution is -2.54. The van der Waals surface area contributed by atoms with Crippen molar-refractivity contribution in [3.8, 4) is 0 Å². The third-order valence-electron chi connectivity index (χ3n) is 3.90. The molecule has 26 heavy (non-hydrogen) atoms. The summed E-state index contributed by atoms with van der Waals surface area (Å²) in [4.78, 5) is 11.9. The molecule has 0 bridgehead atoms. The number of hydrogen-bond donors (Lipinski definition) is 1. The van der Waals surface area contributed by atoms with Crippen molar-refractivity contribution in [2.45, 2.75) is 55.2 Å². The van der Waals surface area contributed by atoms with Gasteiger partial charge in [0.15, 0.2) is 0 Å². The highest BCUT2D eigenvalue weighted by Gasteiger charge is 2.37. The SMILES string of the molecule is CC(C)(C)OC(=O)NC1CCN(S(=O)(=O)c2cccc(CBr)c2)C[C@H]1F. The van der Waals surface area contributed by atoms with Gasteiger partial charge in [0.2, 0.25) is 10.0 Å². The van der Waals surface area contributed by atoms with Gasteiger partial charge < -0.3 is 10.1 Å². The lowest BCUT2D eigenvalue weighted by Gasteiger charge is -2.34. The average Bonchev–Trinajstić information content (AvgIpc) is 2.55. The molecule has 1 unspecified atom stereocenters. The molecule has 0 aliphatic carbocycles. The van der Waals surface area contributed by atoms with Gasteiger partial charge in [-0.3, -0.25) is 0 Å². The molecule has 1 aromatic carbocycles. The number of piperidine rings is 1. The first-order valence-electron chi connectivity index (χ1n) is 8.31. The first kappa shape index (κ1) is 21.1. The number of benzene rings is 1. The number of carbonyl (C=O) groups excluding carboxylic acids is 1. The van der Waals surface area contributed by atoms with E-state index in [9.17, 15) is 17.6 Å². The second kappa shape index (κ2) is 8.22. The Morgan fingerprint density at radius 1 is 1.42 bits per heavy atom. The van der Waals surface area contributed by atoms with Crippen LogP contribution in [0, 0.1) is 0 Å². The van der Waals surface area contributed by atoms with E-state index in [0.717, 1.165) is 9.87 Å². The van der Waals surface area contributed by atoms with Crippen molar-refractivity contribution in [3.05, 3.63) is 29.8 Å². The van der Waals surface area contributed by atoms with Crippen LogP contribution in [0.1, 0.15) is 32.8 Å². The molecule has 9 heteroatoms. The van der Waals surface area contributed by atoms with Crippen molar-refractivity contribution < 1.29 is 22.3 Å². The summed E-state index contributed by atoms with van der Waals surface area (Å²) in [6.45, 7) is 4.98. The molecular formula is C17H24BrFN2O4S. The fraction of sp³-hybridized carbons (Fsp3) is 0.588. The number of halogens is 2. The van der Waals surface area contributed by atoms with Crippen molar-refractivity contribution in [1.29, 1.82) is 0 Å². The molecule has 1 aliphatic heterocycles. The number of sulfonamides is 1. The van der Waals surface area contributed by atoms with E-state index in [-0.39, 0.29) is 24.4 Å². The molecule has 2 atom stereocenters. The van der Waals surface area contributed by atoms with Crippen LogP contribution in [0.4, 0.5) is 9.18 Å². The van der Waals surface area contributed by atoms with E-state index in [1.165, 1.54) is 6.07 Å². The van der Waals surface area contributed by atoms with Crippen LogP contribution in [0.2, 0.25) is 0 Å². The Labute approximate surface area is 162 Å². The lowest BCUT2D eigenvalue weighted by molar-refractivity contribution is 0.0438. The minimum atomic E-state index is -3.78. The van der Waals surface area contributed by atoms with Crippen LogP contribution >= 0.6 is 15.9 Å². The molecule has 1 N–H and O–H groups in total. The fourth-order valence-electron chi connectivity index (χ4n) is 2.65. The van der Waals surface area contributed by atoms with Crippen LogP contribution in [0.3, 0.4) is 0 Å². The van der Waals surface area contributed by atoms with E-state index in [2.05, 4.69) is 21.2 Å². The summed E-state index contributed by atoms with van der Waals surface area (Å²) >= 11 is 3.29. The first-order chi connectivity index (χ1) is 12.0. The number of rotatable bonds is 4. The maximum absolute atomic E-state index is 14.5. The Morgan fingerprint density at radius 3 is 2.69 bits per heavy atom. The molecule has 1 aromatic rings. The van der Waals surface area contributed by atoms with Gasteiger partial charge in [0.1, 0.15) is 11.8 Å². The standard InChI is InChI=1S/C17H24BrFN2O4S/c1-17(2,3)25-16(22)20-15-7-8-21(11-14(15)19)26(23,24)13-6-4-5-12(9-13)10-18/h4-6,9,14-15H,7-8,10-11H2,1-3H3,(H,20,22)/t14-,15?/m1/s1. The highest BCUT2D eigenvalue weighted by atomic mass is 79.9. The molecule has 0 spiro atoms. The quantitative estimate of drug-likeness (QED) is 0.714. The summed E-state index contributed by atoms with van der Waals surface area (Å²) in [5, 5.41) is 3.02. The van der Waals surface area contributed by atoms with Gasteiger partial charge in [-0.05, 0) is 44.9 Å². The molecule has 2 rings (SSSR count). The molecular weight excluding hydrogens is 427 g/mol. The molecule has 1 amide bonds. The number of ether oxygens (including phenoxy) is 1. The second-order valence-corrected chi connectivity index (χ2v) is 9.70. The smallest absolute Gasteiger partial charge is 0.407 e. The summed E-state index contributed by atoms with van der Waals surface area (Å²) in [6, 6.07) is 5.77. The Kier molecular flexibility index (Phi) is 6.68. The summed E-state index contributed by atoms with van der Waals surface area (Å²) in [5.74, 6) is 0. The third kappa shape index (κ3) is 5.40. The minimum absolute atomic E-state index is 0.127. The lowest BCUT2D eigenvalue weighted by atomic mass is 10.1. The summed E-state index contributed by atoms with van der Waals surface area (Å²) in [6.07, 6.45) is -2.03. The predicted octanol–water partition coefficient (Wildman–Crippen LogP) is 3.21. The Hall–Kier alpha value is -1.19. The average molecular weight is 451 g/mol. The second-order valence-electron chi connectivity index (χ2n) is 7.20. The number of amides is 1. The zero-order valence-corrected chi connectivity index (χ0v) is 17.4. The van der Waals surface area contributed by atoms with Crippen LogP contribution in [0.5, 0.6) is 0 Å². The first-order valence-corrected chi connectivity index (χ1v) is 10.9. The topological polar surface area (TPSA) is 75.7 Å². The zero-order valence-electron chi connectivity index (χ0n) is 15.0. The highest BCUT2D eigenvalue weighted by molar-refractivity contribution is 9.08. The number of nitrogens with zero attached hydrogens (tertiary/aromatic N) is 1. The molecule has 0 saturated carbocycles. The Bertz CT molecular complexity index is 751. The van der Waals surface area contributed by atoms with Gasteiger partial charge in [-0.1, -0.05) is 28.1 Å². The number of alkyl carbamates (subject to hydrolysis) is 1. The van der Waals surface area contributed by atoms with Crippen LogP contribution in [-0.4, -0.2) is 49.7 Å². The minimum Gasteiger partial charge on any atom is -0.444 e. The van der Waals surface area contributed by atoms with E-state index < -0.39 is 33.9 Å². The molecule has 1 heterocycles. The third-order valence-corrected chi connectivity index (χ3v) is 6.41. The molecule has 0 aromatic heterocycles. The maximum atomic E-state index is 14.5. The monoisotopic (exact) mass is 450 g/mol. The van der Waals surface area contributed by atoms with Crippen molar-refractivity contribution in [3.63, 3.8) is 0 Å². The highest BCUT2D eigenvalue weighted by Crippen LogP contribution is 2.24. The van der Waals surface area contributed by atoms with Gasteiger partial charge in [-0.15, -0.1) is 0 Å². The van der Waals surface area contributed by atoms with Gasteiger partial charge in [0, 0.05) is 18.4 Å². The molecule has 6 nitrogen and oxygen atoms in total. The molecule has 1 aliphatic rings. The van der Waals surface area contributed by atoms with Gasteiger partial charge in [-0.25, -0.2) is 17.6 Å². The Morgan fingerprint density at radius 2 is 2.12 bits per heavy atom. The molecule has 0 radical (unpaired) electrons.